The molecule has 0 heterocycles. The van der Waals surface area contributed by atoms with E-state index in [9.17, 15) is 14.4 Å². The summed E-state index contributed by atoms with van der Waals surface area (Å²) in [6, 6.07) is 5.04. The third-order valence-electron chi connectivity index (χ3n) is 5.24. The summed E-state index contributed by atoms with van der Waals surface area (Å²) in [7, 11) is 1.36. The van der Waals surface area contributed by atoms with Gasteiger partial charge in [-0.05, 0) is 64.1 Å². The predicted octanol–water partition coefficient (Wildman–Crippen LogP) is 3.87. The Balaban J connectivity index is 3.02. The van der Waals surface area contributed by atoms with Crippen LogP contribution in [0.1, 0.15) is 57.2 Å². The number of benzene rings is 1. The average molecular weight is 459 g/mol. The molecular formula is C25H34N2O6. The SMILES string of the molecule is C=N/C(C(=O)N[C@@H](C)C(=O)O[C@H](C)[C@H](C)c1c(C)cccc1C)=C(OC(C)=O)\C(=C/C)OC. The maximum atomic E-state index is 12.8. The van der Waals surface area contributed by atoms with Gasteiger partial charge in [-0.3, -0.25) is 14.6 Å². The second kappa shape index (κ2) is 12.6. The van der Waals surface area contributed by atoms with Crippen molar-refractivity contribution in [1.29, 1.82) is 0 Å². The van der Waals surface area contributed by atoms with Crippen LogP contribution in [0.25, 0.3) is 0 Å². The Bertz CT molecular complexity index is 943. The van der Waals surface area contributed by atoms with E-state index in [0.717, 1.165) is 16.7 Å². The fourth-order valence-electron chi connectivity index (χ4n) is 3.44. The van der Waals surface area contributed by atoms with Gasteiger partial charge in [0.05, 0.1) is 7.11 Å². The lowest BCUT2D eigenvalue weighted by atomic mass is 9.89. The molecule has 0 fully saturated rings. The fourth-order valence-corrected chi connectivity index (χ4v) is 3.44. The van der Waals surface area contributed by atoms with E-state index in [1.54, 1.807) is 6.92 Å². The molecule has 180 valence electrons. The van der Waals surface area contributed by atoms with E-state index in [2.05, 4.69) is 17.0 Å². The average Bonchev–Trinajstić information content (AvgIpc) is 2.74. The Labute approximate surface area is 195 Å². The maximum absolute atomic E-state index is 12.8. The second-order valence-corrected chi connectivity index (χ2v) is 7.72. The molecule has 0 aromatic heterocycles. The third-order valence-corrected chi connectivity index (χ3v) is 5.24. The van der Waals surface area contributed by atoms with Crippen molar-refractivity contribution in [2.45, 2.75) is 66.5 Å². The Morgan fingerprint density at radius 2 is 1.70 bits per heavy atom. The second-order valence-electron chi connectivity index (χ2n) is 7.72. The van der Waals surface area contributed by atoms with Crippen molar-refractivity contribution >= 4 is 24.6 Å². The highest BCUT2D eigenvalue weighted by Gasteiger charge is 2.28. The van der Waals surface area contributed by atoms with Crippen LogP contribution in [-0.2, 0) is 28.6 Å². The number of methoxy groups -OCH3 is 1. The molecule has 3 atom stereocenters. The van der Waals surface area contributed by atoms with Gasteiger partial charge in [0.1, 0.15) is 12.1 Å². The smallest absolute Gasteiger partial charge is 0.328 e. The minimum atomic E-state index is -0.989. The lowest BCUT2D eigenvalue weighted by Gasteiger charge is -2.25. The van der Waals surface area contributed by atoms with Gasteiger partial charge in [-0.1, -0.05) is 25.1 Å². The summed E-state index contributed by atoms with van der Waals surface area (Å²) >= 11 is 0. The van der Waals surface area contributed by atoms with Crippen LogP contribution >= 0.6 is 0 Å². The number of hydrogen-bond donors (Lipinski definition) is 1. The van der Waals surface area contributed by atoms with Crippen molar-refractivity contribution in [3.63, 3.8) is 0 Å². The van der Waals surface area contributed by atoms with Crippen LogP contribution in [0.15, 0.2) is 46.5 Å². The Hall–Kier alpha value is -3.42. The summed E-state index contributed by atoms with van der Waals surface area (Å²) in [4.78, 5) is 40.7. The standard InChI is InChI=1S/C25H34N2O6/c1-10-20(31-9)23(33-19(7)28)22(26-8)24(29)27-17(5)25(30)32-18(6)16(4)21-14(2)12-11-13-15(21)3/h10-13,16-18H,8H2,1-7,9H3,(H,27,29)/b20-10+,23-22+/t16-,17-,18+/m0/s1. The topological polar surface area (TPSA) is 103 Å². The Morgan fingerprint density at radius 1 is 1.12 bits per heavy atom. The molecule has 1 rings (SSSR count). The van der Waals surface area contributed by atoms with Crippen LogP contribution in [0.2, 0.25) is 0 Å². The van der Waals surface area contributed by atoms with Crippen molar-refractivity contribution in [1.82, 2.24) is 5.32 Å². The number of aliphatic imine (C=N–C) groups is 1. The van der Waals surface area contributed by atoms with E-state index in [-0.39, 0.29) is 23.1 Å². The van der Waals surface area contributed by atoms with E-state index in [1.165, 1.54) is 27.0 Å². The van der Waals surface area contributed by atoms with E-state index in [4.69, 9.17) is 14.2 Å². The van der Waals surface area contributed by atoms with Gasteiger partial charge in [0.15, 0.2) is 11.5 Å². The van der Waals surface area contributed by atoms with Gasteiger partial charge in [-0.2, -0.15) is 0 Å². The Kier molecular flexibility index (Phi) is 10.5. The quantitative estimate of drug-likeness (QED) is 0.188. The number of rotatable bonds is 10. The molecule has 0 saturated heterocycles. The summed E-state index contributed by atoms with van der Waals surface area (Å²) in [5.74, 6) is -2.16. The first-order chi connectivity index (χ1) is 15.5. The molecule has 33 heavy (non-hydrogen) atoms. The molecule has 1 aromatic rings. The molecule has 0 radical (unpaired) electrons. The monoisotopic (exact) mass is 458 g/mol. The summed E-state index contributed by atoms with van der Waals surface area (Å²) in [6.07, 6.45) is 1.08. The van der Waals surface area contributed by atoms with Crippen molar-refractivity contribution < 1.29 is 28.6 Å². The highest BCUT2D eigenvalue weighted by atomic mass is 16.6. The van der Waals surface area contributed by atoms with Gasteiger partial charge in [-0.15, -0.1) is 0 Å². The minimum Gasteiger partial charge on any atom is -0.493 e. The third kappa shape index (κ3) is 7.30. The zero-order valence-electron chi connectivity index (χ0n) is 20.6. The number of allylic oxidation sites excluding steroid dienone is 1. The number of carbonyl (C=O) groups is 3. The highest BCUT2D eigenvalue weighted by Crippen LogP contribution is 2.28. The van der Waals surface area contributed by atoms with Gasteiger partial charge in [0, 0.05) is 12.8 Å². The van der Waals surface area contributed by atoms with Crippen molar-refractivity contribution in [2.24, 2.45) is 4.99 Å². The number of amides is 1. The molecule has 0 bridgehead atoms. The predicted molar refractivity (Wildman–Crippen MR) is 127 cm³/mol. The van der Waals surface area contributed by atoms with Crippen molar-refractivity contribution in [3.8, 4) is 0 Å². The van der Waals surface area contributed by atoms with Crippen molar-refractivity contribution in [3.05, 3.63) is 58.2 Å². The van der Waals surface area contributed by atoms with Crippen LogP contribution in [0.4, 0.5) is 0 Å². The molecule has 1 amide bonds. The zero-order valence-corrected chi connectivity index (χ0v) is 20.6. The number of nitrogens with zero attached hydrogens (tertiary/aromatic N) is 1. The minimum absolute atomic E-state index is 0.0436. The number of carbonyl (C=O) groups excluding carboxylic acids is 3. The number of esters is 2. The summed E-state index contributed by atoms with van der Waals surface area (Å²) in [6.45, 7) is 15.5. The summed E-state index contributed by atoms with van der Waals surface area (Å²) < 4.78 is 15.9. The van der Waals surface area contributed by atoms with E-state index >= 15 is 0 Å². The van der Waals surface area contributed by atoms with E-state index < -0.39 is 30.0 Å². The normalized spacial score (nSPS) is 14.8. The van der Waals surface area contributed by atoms with Gasteiger partial charge in [-0.25, -0.2) is 4.79 Å². The largest absolute Gasteiger partial charge is 0.493 e. The fraction of sp³-hybridized carbons (Fsp3) is 0.440. The molecule has 1 aromatic carbocycles. The Morgan fingerprint density at radius 3 is 2.15 bits per heavy atom. The van der Waals surface area contributed by atoms with Gasteiger partial charge >= 0.3 is 11.9 Å². The number of ether oxygens (including phenoxy) is 3. The molecule has 8 nitrogen and oxygen atoms in total. The lowest BCUT2D eigenvalue weighted by Crippen LogP contribution is -2.42. The first-order valence-electron chi connectivity index (χ1n) is 10.7. The first kappa shape index (κ1) is 27.6. The number of hydrogen-bond acceptors (Lipinski definition) is 7. The summed E-state index contributed by atoms with van der Waals surface area (Å²) in [5, 5.41) is 2.52. The molecule has 8 heteroatoms. The molecule has 0 unspecified atom stereocenters. The molecule has 1 N–H and O–H groups in total. The van der Waals surface area contributed by atoms with Crippen LogP contribution in [0.3, 0.4) is 0 Å². The van der Waals surface area contributed by atoms with Crippen LogP contribution < -0.4 is 5.32 Å². The molecule has 0 spiro atoms. The first-order valence-corrected chi connectivity index (χ1v) is 10.7. The number of nitrogens with one attached hydrogen (secondary N) is 1. The molecule has 0 aliphatic heterocycles. The molecular weight excluding hydrogens is 424 g/mol. The molecule has 0 aliphatic carbocycles. The lowest BCUT2D eigenvalue weighted by molar-refractivity contribution is -0.152. The zero-order chi connectivity index (χ0) is 25.3. The maximum Gasteiger partial charge on any atom is 0.328 e. The molecule has 0 aliphatic rings. The van der Waals surface area contributed by atoms with E-state index in [0.29, 0.717) is 0 Å². The van der Waals surface area contributed by atoms with Gasteiger partial charge in [0.25, 0.3) is 5.91 Å². The van der Waals surface area contributed by atoms with Crippen molar-refractivity contribution in [2.75, 3.05) is 7.11 Å². The van der Waals surface area contributed by atoms with Gasteiger partial charge < -0.3 is 19.5 Å². The van der Waals surface area contributed by atoms with Gasteiger partial charge in [0.2, 0.25) is 5.76 Å². The number of aryl methyl sites for hydroxylation is 2. The molecule has 0 saturated carbocycles. The van der Waals surface area contributed by atoms with E-state index in [1.807, 2.05) is 45.9 Å². The highest BCUT2D eigenvalue weighted by molar-refractivity contribution is 5.97. The van der Waals surface area contributed by atoms with Crippen LogP contribution in [-0.4, -0.2) is 43.8 Å². The van der Waals surface area contributed by atoms with Crippen LogP contribution in [0, 0.1) is 13.8 Å². The van der Waals surface area contributed by atoms with Crippen LogP contribution in [0.5, 0.6) is 0 Å². The summed E-state index contributed by atoms with van der Waals surface area (Å²) in [5.41, 5.74) is 3.07.